The van der Waals surface area contributed by atoms with E-state index >= 15 is 0 Å². The highest BCUT2D eigenvalue weighted by Crippen LogP contribution is 2.39. The summed E-state index contributed by atoms with van der Waals surface area (Å²) in [5.74, 6) is 0.134. The van der Waals surface area contributed by atoms with E-state index in [1.54, 1.807) is 0 Å². The zero-order valence-electron chi connectivity index (χ0n) is 17.3. The van der Waals surface area contributed by atoms with E-state index in [4.69, 9.17) is 23.2 Å². The van der Waals surface area contributed by atoms with Gasteiger partial charge in [-0.25, -0.2) is 4.98 Å². The third kappa shape index (κ3) is 4.24. The van der Waals surface area contributed by atoms with Crippen molar-refractivity contribution in [2.24, 2.45) is 0 Å². The van der Waals surface area contributed by atoms with Crippen LogP contribution in [0.1, 0.15) is 18.5 Å². The summed E-state index contributed by atoms with van der Waals surface area (Å²) in [5, 5.41) is 7.70. The summed E-state index contributed by atoms with van der Waals surface area (Å²) in [4.78, 5) is 16.0. The van der Waals surface area contributed by atoms with Crippen LogP contribution in [-0.4, -0.2) is 27.9 Å². The lowest BCUT2D eigenvalue weighted by Crippen LogP contribution is -2.35. The SMILES string of the molecule is O=C1CC[C@@H](CNCc2cn3cc(-c4cccc(-c5ccccc5Cl)c4Cl)ccc3n2)N1. The summed E-state index contributed by atoms with van der Waals surface area (Å²) in [6.45, 7) is 1.39. The second-order valence-electron chi connectivity index (χ2n) is 8.00. The Morgan fingerprint density at radius 1 is 1.00 bits per heavy atom. The number of benzene rings is 2. The van der Waals surface area contributed by atoms with Crippen LogP contribution >= 0.6 is 23.2 Å². The summed E-state index contributed by atoms with van der Waals surface area (Å²) >= 11 is 13.2. The van der Waals surface area contributed by atoms with Crippen LogP contribution in [0.4, 0.5) is 0 Å². The van der Waals surface area contributed by atoms with Crippen LogP contribution < -0.4 is 10.6 Å². The first-order chi connectivity index (χ1) is 15.6. The summed E-state index contributed by atoms with van der Waals surface area (Å²) in [6.07, 6.45) is 5.56. The maximum absolute atomic E-state index is 11.3. The zero-order chi connectivity index (χ0) is 22.1. The maximum Gasteiger partial charge on any atom is 0.220 e. The van der Waals surface area contributed by atoms with Gasteiger partial charge in [0.1, 0.15) is 5.65 Å². The normalized spacial score (nSPS) is 15.9. The minimum atomic E-state index is 0.134. The molecule has 5 nitrogen and oxygen atoms in total. The molecule has 2 N–H and O–H groups in total. The minimum Gasteiger partial charge on any atom is -0.352 e. The first-order valence-corrected chi connectivity index (χ1v) is 11.4. The molecule has 2 aromatic carbocycles. The number of pyridine rings is 1. The lowest BCUT2D eigenvalue weighted by molar-refractivity contribution is -0.119. The van der Waals surface area contributed by atoms with Crippen LogP contribution in [0.15, 0.2) is 67.0 Å². The van der Waals surface area contributed by atoms with E-state index in [0.29, 0.717) is 23.0 Å². The van der Waals surface area contributed by atoms with Gasteiger partial charge in [-0.3, -0.25) is 4.79 Å². The van der Waals surface area contributed by atoms with Crippen LogP contribution in [0.2, 0.25) is 10.0 Å². The van der Waals surface area contributed by atoms with E-state index in [2.05, 4.69) is 15.6 Å². The van der Waals surface area contributed by atoms with Gasteiger partial charge in [-0.2, -0.15) is 0 Å². The van der Waals surface area contributed by atoms with Gasteiger partial charge in [0.15, 0.2) is 0 Å². The first kappa shape index (κ1) is 21.0. The molecule has 2 aromatic heterocycles. The molecule has 3 heterocycles. The van der Waals surface area contributed by atoms with Crippen molar-refractivity contribution in [1.29, 1.82) is 0 Å². The van der Waals surface area contributed by atoms with Crippen molar-refractivity contribution in [3.63, 3.8) is 0 Å². The van der Waals surface area contributed by atoms with E-state index < -0.39 is 0 Å². The molecule has 1 aliphatic rings. The minimum absolute atomic E-state index is 0.134. The number of imidazole rings is 1. The maximum atomic E-state index is 11.3. The predicted octanol–water partition coefficient (Wildman–Crippen LogP) is 5.34. The highest BCUT2D eigenvalue weighted by molar-refractivity contribution is 6.38. The third-order valence-electron chi connectivity index (χ3n) is 5.76. The van der Waals surface area contributed by atoms with Crippen LogP contribution in [0.5, 0.6) is 0 Å². The molecule has 162 valence electrons. The highest BCUT2D eigenvalue weighted by atomic mass is 35.5. The van der Waals surface area contributed by atoms with Crippen LogP contribution in [0.25, 0.3) is 27.9 Å². The summed E-state index contributed by atoms with van der Waals surface area (Å²) < 4.78 is 2.02. The third-order valence-corrected chi connectivity index (χ3v) is 6.49. The molecule has 0 unspecified atom stereocenters. The monoisotopic (exact) mass is 464 g/mol. The standard InChI is InChI=1S/C25H22Cl2N4O/c26-22-7-2-1-4-20(22)21-6-3-5-19(25(21)27)16-8-10-23-29-18(15-31(23)14-16)13-28-12-17-9-11-24(32)30-17/h1-8,10,14-15,17,28H,9,11-13H2,(H,30,32)/t17-/m0/s1. The van der Waals surface area contributed by atoms with Gasteiger partial charge in [0.05, 0.1) is 10.7 Å². The molecule has 1 fully saturated rings. The van der Waals surface area contributed by atoms with Crippen LogP contribution in [-0.2, 0) is 11.3 Å². The summed E-state index contributed by atoms with van der Waals surface area (Å²) in [5.41, 5.74) is 5.58. The number of fused-ring (bicyclic) bond motifs is 1. The molecule has 5 rings (SSSR count). The Labute approximate surface area is 196 Å². The Kier molecular flexibility index (Phi) is 5.87. The van der Waals surface area contributed by atoms with Gasteiger partial charge >= 0.3 is 0 Å². The summed E-state index contributed by atoms with van der Waals surface area (Å²) in [7, 11) is 0. The molecule has 4 aromatic rings. The molecule has 1 amide bonds. The Hall–Kier alpha value is -2.86. The fourth-order valence-corrected chi connectivity index (χ4v) is 4.71. The van der Waals surface area contributed by atoms with Crippen molar-refractivity contribution in [2.45, 2.75) is 25.4 Å². The number of halogens is 2. The number of hydrogen-bond donors (Lipinski definition) is 2. The predicted molar refractivity (Wildman–Crippen MR) is 129 cm³/mol. The fourth-order valence-electron chi connectivity index (χ4n) is 4.14. The van der Waals surface area contributed by atoms with Gasteiger partial charge < -0.3 is 15.0 Å². The van der Waals surface area contributed by atoms with E-state index in [-0.39, 0.29) is 11.9 Å². The van der Waals surface area contributed by atoms with Gasteiger partial charge in [0, 0.05) is 59.7 Å². The quantitative estimate of drug-likeness (QED) is 0.404. The number of carbonyl (C=O) groups is 1. The number of carbonyl (C=O) groups excluding carboxylic acids is 1. The molecule has 1 saturated heterocycles. The molecule has 32 heavy (non-hydrogen) atoms. The van der Waals surface area contributed by atoms with Crippen molar-refractivity contribution < 1.29 is 4.79 Å². The van der Waals surface area contributed by atoms with E-state index in [1.807, 2.05) is 71.4 Å². The van der Waals surface area contributed by atoms with Gasteiger partial charge in [0.2, 0.25) is 5.91 Å². The van der Waals surface area contributed by atoms with Crippen molar-refractivity contribution in [3.8, 4) is 22.3 Å². The van der Waals surface area contributed by atoms with E-state index in [1.165, 1.54) is 0 Å². The Balaban J connectivity index is 1.38. The van der Waals surface area contributed by atoms with Crippen molar-refractivity contribution in [1.82, 2.24) is 20.0 Å². The molecule has 1 atom stereocenters. The average Bonchev–Trinajstić information content (AvgIpc) is 3.39. The molecule has 0 aliphatic carbocycles. The molecule has 0 spiro atoms. The Morgan fingerprint density at radius 3 is 2.62 bits per heavy atom. The largest absolute Gasteiger partial charge is 0.352 e. The zero-order valence-corrected chi connectivity index (χ0v) is 18.8. The number of aromatic nitrogens is 2. The van der Waals surface area contributed by atoms with E-state index in [0.717, 1.165) is 46.6 Å². The molecule has 0 saturated carbocycles. The Bertz CT molecular complexity index is 1300. The van der Waals surface area contributed by atoms with Gasteiger partial charge in [-0.1, -0.05) is 59.6 Å². The molecule has 7 heteroatoms. The number of nitrogens with one attached hydrogen (secondary N) is 2. The second-order valence-corrected chi connectivity index (χ2v) is 8.78. The summed E-state index contributed by atoms with van der Waals surface area (Å²) in [6, 6.07) is 17.9. The average molecular weight is 465 g/mol. The van der Waals surface area contributed by atoms with Crippen molar-refractivity contribution in [2.75, 3.05) is 6.54 Å². The van der Waals surface area contributed by atoms with Gasteiger partial charge in [-0.05, 0) is 30.2 Å². The van der Waals surface area contributed by atoms with Gasteiger partial charge in [0.25, 0.3) is 0 Å². The highest BCUT2D eigenvalue weighted by Gasteiger charge is 2.20. The number of amides is 1. The number of rotatable bonds is 6. The molecular formula is C25H22Cl2N4O. The Morgan fingerprint density at radius 2 is 1.81 bits per heavy atom. The van der Waals surface area contributed by atoms with Crippen molar-refractivity contribution >= 4 is 34.8 Å². The lowest BCUT2D eigenvalue weighted by Gasteiger charge is -2.11. The lowest BCUT2D eigenvalue weighted by atomic mass is 9.99. The number of hydrogen-bond acceptors (Lipinski definition) is 3. The molecule has 1 aliphatic heterocycles. The molecule has 0 radical (unpaired) electrons. The fraction of sp³-hybridized carbons (Fsp3) is 0.200. The van der Waals surface area contributed by atoms with Gasteiger partial charge in [-0.15, -0.1) is 0 Å². The van der Waals surface area contributed by atoms with Crippen LogP contribution in [0, 0.1) is 0 Å². The molecule has 0 bridgehead atoms. The second kappa shape index (κ2) is 8.94. The smallest absolute Gasteiger partial charge is 0.220 e. The topological polar surface area (TPSA) is 58.4 Å². The van der Waals surface area contributed by atoms with Crippen molar-refractivity contribution in [3.05, 3.63) is 82.7 Å². The van der Waals surface area contributed by atoms with E-state index in [9.17, 15) is 4.79 Å². The first-order valence-electron chi connectivity index (χ1n) is 10.6. The van der Waals surface area contributed by atoms with Crippen LogP contribution in [0.3, 0.4) is 0 Å². The molecular weight excluding hydrogens is 443 g/mol. The number of nitrogens with zero attached hydrogens (tertiary/aromatic N) is 2.